The molecule has 1 fully saturated rings. The fraction of sp³-hybridized carbons (Fsp3) is 0.429. The number of likely N-dealkylation sites (tertiary alicyclic amines) is 1. The highest BCUT2D eigenvalue weighted by molar-refractivity contribution is 7.91. The standard InChI is InChI=1S/C28H33ClFN5O4S/c1-28(2,3)40(38,39)17-20-13-18(5-8-23(20)29)14-25-26(35(36)37)16-31-27(33-25)32-21-6-7-22(24(30)15-21)19-9-11-34(4)12-10-19/h5-8,13,15-16,19H,9-12,14,17H2,1-4H3,(H,31,32,33). The maximum absolute atomic E-state index is 15.0. The molecular formula is C28H33ClFN5O4S. The lowest BCUT2D eigenvalue weighted by Crippen LogP contribution is -2.29. The molecule has 1 aliphatic rings. The second kappa shape index (κ2) is 11.8. The Labute approximate surface area is 238 Å². The Balaban J connectivity index is 1.57. The lowest BCUT2D eigenvalue weighted by atomic mass is 9.89. The highest BCUT2D eigenvalue weighted by Crippen LogP contribution is 2.32. The Morgan fingerprint density at radius 2 is 1.88 bits per heavy atom. The molecule has 214 valence electrons. The number of hydrogen-bond acceptors (Lipinski definition) is 8. The first-order valence-corrected chi connectivity index (χ1v) is 15.0. The molecule has 0 spiro atoms. The zero-order valence-electron chi connectivity index (χ0n) is 22.9. The molecule has 12 heteroatoms. The van der Waals surface area contributed by atoms with Gasteiger partial charge in [-0.25, -0.2) is 22.8 Å². The molecular weight excluding hydrogens is 557 g/mol. The Morgan fingerprint density at radius 1 is 1.18 bits per heavy atom. The Bertz CT molecular complexity index is 1520. The summed E-state index contributed by atoms with van der Waals surface area (Å²) in [7, 11) is -1.45. The van der Waals surface area contributed by atoms with Gasteiger partial charge in [0.15, 0.2) is 9.84 Å². The fourth-order valence-corrected chi connectivity index (χ4v) is 5.95. The third-order valence-electron chi connectivity index (χ3n) is 7.22. The van der Waals surface area contributed by atoms with Crippen LogP contribution < -0.4 is 5.32 Å². The molecule has 1 aliphatic heterocycles. The molecule has 2 aromatic carbocycles. The van der Waals surface area contributed by atoms with Crippen molar-refractivity contribution in [1.29, 1.82) is 0 Å². The number of nitrogens with one attached hydrogen (secondary N) is 1. The maximum atomic E-state index is 15.0. The summed E-state index contributed by atoms with van der Waals surface area (Å²) in [6, 6.07) is 9.78. The van der Waals surface area contributed by atoms with Gasteiger partial charge in [0, 0.05) is 17.1 Å². The summed E-state index contributed by atoms with van der Waals surface area (Å²) in [6.07, 6.45) is 2.93. The van der Waals surface area contributed by atoms with Crippen LogP contribution in [-0.2, 0) is 22.0 Å². The van der Waals surface area contributed by atoms with E-state index < -0.39 is 19.5 Å². The van der Waals surface area contributed by atoms with Crippen LogP contribution in [0.4, 0.5) is 21.7 Å². The van der Waals surface area contributed by atoms with E-state index in [4.69, 9.17) is 11.6 Å². The van der Waals surface area contributed by atoms with Crippen LogP contribution in [0.2, 0.25) is 5.02 Å². The van der Waals surface area contributed by atoms with Gasteiger partial charge in [-0.1, -0.05) is 29.8 Å². The van der Waals surface area contributed by atoms with Crippen molar-refractivity contribution in [3.63, 3.8) is 0 Å². The number of sulfone groups is 1. The van der Waals surface area contributed by atoms with Crippen LogP contribution in [0.5, 0.6) is 0 Å². The zero-order valence-corrected chi connectivity index (χ0v) is 24.5. The van der Waals surface area contributed by atoms with Crippen LogP contribution in [-0.4, -0.2) is 53.1 Å². The van der Waals surface area contributed by atoms with Gasteiger partial charge >= 0.3 is 5.69 Å². The highest BCUT2D eigenvalue weighted by Gasteiger charge is 2.30. The summed E-state index contributed by atoms with van der Waals surface area (Å²) in [5.41, 5.74) is 1.95. The first kappa shape index (κ1) is 29.8. The van der Waals surface area contributed by atoms with Crippen molar-refractivity contribution in [2.75, 3.05) is 25.5 Å². The average Bonchev–Trinajstić information content (AvgIpc) is 2.86. The van der Waals surface area contributed by atoms with Crippen LogP contribution >= 0.6 is 11.6 Å². The van der Waals surface area contributed by atoms with Gasteiger partial charge in [0.05, 0.1) is 15.4 Å². The molecule has 1 saturated heterocycles. The lowest BCUT2D eigenvalue weighted by Gasteiger charge is -2.29. The quantitative estimate of drug-likeness (QED) is 0.250. The van der Waals surface area contributed by atoms with Gasteiger partial charge in [-0.3, -0.25) is 10.1 Å². The molecule has 0 saturated carbocycles. The number of aromatic nitrogens is 2. The van der Waals surface area contributed by atoms with E-state index in [0.29, 0.717) is 27.4 Å². The second-order valence-electron chi connectivity index (χ2n) is 11.2. The van der Waals surface area contributed by atoms with Gasteiger partial charge in [-0.15, -0.1) is 0 Å². The summed E-state index contributed by atoms with van der Waals surface area (Å²) >= 11 is 6.29. The van der Waals surface area contributed by atoms with Crippen molar-refractivity contribution < 1.29 is 17.7 Å². The number of piperidine rings is 1. The van der Waals surface area contributed by atoms with E-state index in [1.165, 1.54) is 6.07 Å². The average molecular weight is 590 g/mol. The smallest absolute Gasteiger partial charge is 0.309 e. The third kappa shape index (κ3) is 6.94. The highest BCUT2D eigenvalue weighted by atomic mass is 35.5. The van der Waals surface area contributed by atoms with Crippen molar-refractivity contribution in [3.8, 4) is 0 Å². The van der Waals surface area contributed by atoms with Crippen LogP contribution in [0.15, 0.2) is 42.6 Å². The molecule has 0 atom stereocenters. The second-order valence-corrected chi connectivity index (χ2v) is 14.3. The summed E-state index contributed by atoms with van der Waals surface area (Å²) in [5, 5.41) is 14.9. The molecule has 1 N–H and O–H groups in total. The Kier molecular flexibility index (Phi) is 8.77. The minimum Gasteiger partial charge on any atom is -0.324 e. The van der Waals surface area contributed by atoms with E-state index in [2.05, 4.69) is 27.2 Å². The molecule has 40 heavy (non-hydrogen) atoms. The lowest BCUT2D eigenvalue weighted by molar-refractivity contribution is -0.386. The maximum Gasteiger partial charge on any atom is 0.309 e. The normalized spacial score (nSPS) is 15.2. The van der Waals surface area contributed by atoms with Gasteiger partial charge in [0.2, 0.25) is 5.95 Å². The van der Waals surface area contributed by atoms with E-state index in [9.17, 15) is 22.9 Å². The van der Waals surface area contributed by atoms with Gasteiger partial charge in [-0.05, 0) is 94.6 Å². The Morgan fingerprint density at radius 3 is 2.50 bits per heavy atom. The largest absolute Gasteiger partial charge is 0.324 e. The summed E-state index contributed by atoms with van der Waals surface area (Å²) in [5.74, 6) is -0.340. The van der Waals surface area contributed by atoms with Crippen molar-refractivity contribution in [2.24, 2.45) is 0 Å². The van der Waals surface area contributed by atoms with Crippen LogP contribution in [0, 0.1) is 15.9 Å². The van der Waals surface area contributed by atoms with Crippen molar-refractivity contribution >= 4 is 38.8 Å². The minimum atomic E-state index is -3.50. The first-order chi connectivity index (χ1) is 18.7. The SMILES string of the molecule is CN1CCC(c2ccc(Nc3ncc([N+](=O)[O-])c(Cc4ccc(Cl)c(CS(=O)(=O)C(C)(C)C)c4)n3)cc2F)CC1. The monoisotopic (exact) mass is 589 g/mol. The van der Waals surface area contributed by atoms with Gasteiger partial charge < -0.3 is 10.2 Å². The van der Waals surface area contributed by atoms with Crippen LogP contribution in [0.3, 0.4) is 0 Å². The molecule has 0 radical (unpaired) electrons. The van der Waals surface area contributed by atoms with Crippen molar-refractivity contribution in [1.82, 2.24) is 14.9 Å². The molecule has 0 amide bonds. The third-order valence-corrected chi connectivity index (χ3v) is 10.1. The van der Waals surface area contributed by atoms with Gasteiger partial charge in [0.1, 0.15) is 17.7 Å². The predicted molar refractivity (Wildman–Crippen MR) is 154 cm³/mol. The Hall–Kier alpha value is -3.15. The van der Waals surface area contributed by atoms with E-state index in [0.717, 1.165) is 32.1 Å². The number of hydrogen-bond donors (Lipinski definition) is 1. The summed E-state index contributed by atoms with van der Waals surface area (Å²) in [4.78, 5) is 21.8. The molecule has 0 unspecified atom stereocenters. The van der Waals surface area contributed by atoms with Gasteiger partial charge in [0.25, 0.3) is 0 Å². The van der Waals surface area contributed by atoms with E-state index >= 15 is 0 Å². The molecule has 1 aromatic heterocycles. The number of nitro groups is 1. The number of anilines is 2. The first-order valence-electron chi connectivity index (χ1n) is 13.0. The van der Waals surface area contributed by atoms with Crippen LogP contribution in [0.1, 0.15) is 61.9 Å². The molecule has 0 aliphatic carbocycles. The molecule has 3 aromatic rings. The van der Waals surface area contributed by atoms with E-state index in [-0.39, 0.29) is 41.2 Å². The summed E-state index contributed by atoms with van der Waals surface area (Å²) in [6.45, 7) is 6.70. The fourth-order valence-electron chi connectivity index (χ4n) is 4.60. The van der Waals surface area contributed by atoms with E-state index in [1.807, 2.05) is 0 Å². The number of nitrogens with zero attached hydrogens (tertiary/aromatic N) is 4. The van der Waals surface area contributed by atoms with Crippen molar-refractivity contribution in [2.45, 2.75) is 56.5 Å². The number of halogens is 2. The molecule has 0 bridgehead atoms. The molecule has 9 nitrogen and oxygen atoms in total. The number of rotatable bonds is 8. The number of benzene rings is 2. The van der Waals surface area contributed by atoms with E-state index in [1.54, 1.807) is 51.1 Å². The zero-order chi connectivity index (χ0) is 29.2. The minimum absolute atomic E-state index is 0.0384. The topological polar surface area (TPSA) is 118 Å². The predicted octanol–water partition coefficient (Wildman–Crippen LogP) is 6.03. The molecule has 2 heterocycles. The van der Waals surface area contributed by atoms with Crippen LogP contribution in [0.25, 0.3) is 0 Å². The van der Waals surface area contributed by atoms with Crippen molar-refractivity contribution in [3.05, 3.63) is 85.9 Å². The summed E-state index contributed by atoms with van der Waals surface area (Å²) < 4.78 is 39.5. The van der Waals surface area contributed by atoms with Gasteiger partial charge in [-0.2, -0.15) is 0 Å². The molecule has 4 rings (SSSR count).